The van der Waals surface area contributed by atoms with E-state index in [4.69, 9.17) is 18.9 Å². The van der Waals surface area contributed by atoms with Gasteiger partial charge < -0.3 is 28.7 Å². The van der Waals surface area contributed by atoms with Gasteiger partial charge in [-0.3, -0.25) is 14.4 Å². The largest absolute Gasteiger partial charge is 0.497 e. The summed E-state index contributed by atoms with van der Waals surface area (Å²) < 4.78 is 21.7. The standard InChI is InChI=1S/C28H34N2O7/c1-18-16-19(6-9-22(18)35-3)26(31)24-25(21-8-7-20(34-2)17-23(21)36-4)30(28(33)27(24)32)11-5-10-29-12-14-37-15-13-29/h6-9,16-17,24-25H,5,10-15H2,1-4H3/p+1. The van der Waals surface area contributed by atoms with Crippen molar-refractivity contribution in [1.82, 2.24) is 4.90 Å². The fourth-order valence-corrected chi connectivity index (χ4v) is 5.26. The number of hydrogen-bond donors (Lipinski definition) is 1. The van der Waals surface area contributed by atoms with Crippen molar-refractivity contribution in [2.75, 3.05) is 60.7 Å². The Labute approximate surface area is 217 Å². The van der Waals surface area contributed by atoms with Gasteiger partial charge >= 0.3 is 0 Å². The number of quaternary nitrogens is 1. The zero-order valence-electron chi connectivity index (χ0n) is 21.9. The number of carbonyl (C=O) groups excluding carboxylic acids is 3. The van der Waals surface area contributed by atoms with E-state index in [0.29, 0.717) is 41.3 Å². The predicted molar refractivity (Wildman–Crippen MR) is 136 cm³/mol. The van der Waals surface area contributed by atoms with Crippen molar-refractivity contribution >= 4 is 17.5 Å². The van der Waals surface area contributed by atoms with Gasteiger partial charge in [0.1, 0.15) is 36.3 Å². The highest BCUT2D eigenvalue weighted by atomic mass is 16.5. The quantitative estimate of drug-likeness (QED) is 0.292. The molecule has 2 aliphatic rings. The molecule has 2 aromatic carbocycles. The van der Waals surface area contributed by atoms with Crippen molar-refractivity contribution in [2.45, 2.75) is 19.4 Å². The van der Waals surface area contributed by atoms with Crippen molar-refractivity contribution in [3.63, 3.8) is 0 Å². The fraction of sp³-hybridized carbons (Fsp3) is 0.464. The average molecular weight is 512 g/mol. The molecule has 1 N–H and O–H groups in total. The van der Waals surface area contributed by atoms with Crippen LogP contribution in [0.5, 0.6) is 17.2 Å². The summed E-state index contributed by atoms with van der Waals surface area (Å²) in [6.45, 7) is 6.33. The molecule has 1 amide bonds. The SMILES string of the molecule is COc1ccc(C2C(C(=O)c3ccc(OC)c(C)c3)C(=O)C(=O)N2CCC[NH+]2CCOCC2)c(OC)c1. The number of aryl methyl sites for hydroxylation is 1. The molecule has 2 saturated heterocycles. The number of likely N-dealkylation sites (tertiary alicyclic amines) is 1. The molecule has 0 saturated carbocycles. The summed E-state index contributed by atoms with van der Waals surface area (Å²) in [7, 11) is 4.63. The lowest BCUT2D eigenvalue weighted by Crippen LogP contribution is -3.14. The van der Waals surface area contributed by atoms with Crippen molar-refractivity contribution in [2.24, 2.45) is 5.92 Å². The lowest BCUT2D eigenvalue weighted by Gasteiger charge is -2.29. The molecular formula is C28H35N2O7+. The number of nitrogens with zero attached hydrogens (tertiary/aromatic N) is 1. The van der Waals surface area contributed by atoms with Crippen LogP contribution in [0.1, 0.15) is 33.9 Å². The summed E-state index contributed by atoms with van der Waals surface area (Å²) in [4.78, 5) is 43.5. The molecule has 2 fully saturated rings. The molecule has 0 radical (unpaired) electrons. The minimum absolute atomic E-state index is 0.361. The van der Waals surface area contributed by atoms with E-state index in [9.17, 15) is 14.4 Å². The number of Topliss-reactive ketones (excluding diaryl/α,β-unsaturated/α-hetero) is 2. The van der Waals surface area contributed by atoms with Gasteiger partial charge in [-0.15, -0.1) is 0 Å². The van der Waals surface area contributed by atoms with Crippen LogP contribution < -0.4 is 19.1 Å². The molecule has 0 bridgehead atoms. The number of carbonyl (C=O) groups is 3. The second kappa shape index (κ2) is 11.7. The second-order valence-corrected chi connectivity index (χ2v) is 9.41. The van der Waals surface area contributed by atoms with Crippen LogP contribution in [0.4, 0.5) is 0 Å². The minimum Gasteiger partial charge on any atom is -0.497 e. The number of rotatable bonds is 10. The van der Waals surface area contributed by atoms with E-state index >= 15 is 0 Å². The van der Waals surface area contributed by atoms with Gasteiger partial charge in [0.15, 0.2) is 5.78 Å². The summed E-state index contributed by atoms with van der Waals surface area (Å²) in [5, 5.41) is 0. The molecule has 0 spiro atoms. The highest BCUT2D eigenvalue weighted by molar-refractivity contribution is 6.44. The summed E-state index contributed by atoms with van der Waals surface area (Å²) in [5.41, 5.74) is 1.74. The van der Waals surface area contributed by atoms with Crippen LogP contribution in [0.15, 0.2) is 36.4 Å². The van der Waals surface area contributed by atoms with Gasteiger partial charge in [0.25, 0.3) is 5.91 Å². The molecule has 198 valence electrons. The lowest BCUT2D eigenvalue weighted by molar-refractivity contribution is -0.908. The molecule has 0 aliphatic carbocycles. The van der Waals surface area contributed by atoms with E-state index in [1.807, 2.05) is 6.92 Å². The van der Waals surface area contributed by atoms with Crippen LogP contribution in [0.25, 0.3) is 0 Å². The Kier molecular flexibility index (Phi) is 8.45. The molecule has 0 aromatic heterocycles. The first-order chi connectivity index (χ1) is 17.9. The van der Waals surface area contributed by atoms with E-state index in [2.05, 4.69) is 0 Å². The van der Waals surface area contributed by atoms with Gasteiger partial charge in [0.2, 0.25) is 5.78 Å². The highest BCUT2D eigenvalue weighted by Crippen LogP contribution is 2.43. The number of ketones is 2. The Morgan fingerprint density at radius 2 is 1.73 bits per heavy atom. The Balaban J connectivity index is 1.69. The number of benzene rings is 2. The fourth-order valence-electron chi connectivity index (χ4n) is 5.26. The number of morpholine rings is 1. The van der Waals surface area contributed by atoms with E-state index in [1.54, 1.807) is 55.5 Å². The maximum atomic E-state index is 13.8. The van der Waals surface area contributed by atoms with Crippen molar-refractivity contribution in [1.29, 1.82) is 0 Å². The average Bonchev–Trinajstić information content (AvgIpc) is 3.17. The summed E-state index contributed by atoms with van der Waals surface area (Å²) in [6.07, 6.45) is 0.700. The smallest absolute Gasteiger partial charge is 0.291 e. The summed E-state index contributed by atoms with van der Waals surface area (Å²) in [6, 6.07) is 9.49. The number of nitrogens with one attached hydrogen (secondary N) is 1. The molecule has 2 heterocycles. The number of ether oxygens (including phenoxy) is 4. The maximum Gasteiger partial charge on any atom is 0.291 e. The van der Waals surface area contributed by atoms with Gasteiger partial charge in [-0.1, -0.05) is 0 Å². The van der Waals surface area contributed by atoms with Crippen molar-refractivity contribution in [3.05, 3.63) is 53.1 Å². The maximum absolute atomic E-state index is 13.8. The number of amides is 1. The van der Waals surface area contributed by atoms with Crippen molar-refractivity contribution in [3.8, 4) is 17.2 Å². The molecule has 9 nitrogen and oxygen atoms in total. The first-order valence-electron chi connectivity index (χ1n) is 12.6. The molecular weight excluding hydrogens is 476 g/mol. The van der Waals surface area contributed by atoms with Crippen LogP contribution in [-0.2, 0) is 14.3 Å². The van der Waals surface area contributed by atoms with Crippen molar-refractivity contribution < 1.29 is 38.2 Å². The first kappa shape index (κ1) is 26.6. The topological polar surface area (TPSA) is 95.8 Å². The third kappa shape index (κ3) is 5.47. The van der Waals surface area contributed by atoms with E-state index < -0.39 is 29.4 Å². The van der Waals surface area contributed by atoms with E-state index in [1.165, 1.54) is 12.0 Å². The monoisotopic (exact) mass is 511 g/mol. The Hall–Kier alpha value is -3.43. The number of hydrogen-bond acceptors (Lipinski definition) is 7. The number of methoxy groups -OCH3 is 3. The van der Waals surface area contributed by atoms with Gasteiger partial charge in [0, 0.05) is 30.2 Å². The summed E-state index contributed by atoms with van der Waals surface area (Å²) >= 11 is 0. The normalized spacial score (nSPS) is 20.3. The Morgan fingerprint density at radius 3 is 2.38 bits per heavy atom. The predicted octanol–water partition coefficient (Wildman–Crippen LogP) is 1.28. The van der Waals surface area contributed by atoms with Crippen LogP contribution in [0.2, 0.25) is 0 Å². The van der Waals surface area contributed by atoms with Gasteiger partial charge in [-0.2, -0.15) is 0 Å². The van der Waals surface area contributed by atoms with Gasteiger partial charge in [-0.05, 0) is 42.8 Å². The molecule has 2 aromatic rings. The zero-order chi connectivity index (χ0) is 26.5. The highest BCUT2D eigenvalue weighted by Gasteiger charge is 2.52. The van der Waals surface area contributed by atoms with E-state index in [-0.39, 0.29) is 0 Å². The van der Waals surface area contributed by atoms with E-state index in [0.717, 1.165) is 38.4 Å². The third-order valence-corrected chi connectivity index (χ3v) is 7.26. The molecule has 37 heavy (non-hydrogen) atoms. The molecule has 9 heteroatoms. The van der Waals surface area contributed by atoms with Crippen LogP contribution in [0.3, 0.4) is 0 Å². The third-order valence-electron chi connectivity index (χ3n) is 7.26. The van der Waals surface area contributed by atoms with Crippen LogP contribution in [0, 0.1) is 12.8 Å². The first-order valence-corrected chi connectivity index (χ1v) is 12.6. The van der Waals surface area contributed by atoms with Gasteiger partial charge in [-0.25, -0.2) is 0 Å². The molecule has 2 unspecified atom stereocenters. The lowest BCUT2D eigenvalue weighted by atomic mass is 9.85. The molecule has 2 aliphatic heterocycles. The Morgan fingerprint density at radius 1 is 1.00 bits per heavy atom. The van der Waals surface area contributed by atoms with Gasteiger partial charge in [0.05, 0.1) is 47.1 Å². The molecule has 2 atom stereocenters. The second-order valence-electron chi connectivity index (χ2n) is 9.41. The summed E-state index contributed by atoms with van der Waals surface area (Å²) in [5.74, 6) is -1.23. The molecule has 4 rings (SSSR count). The van der Waals surface area contributed by atoms with Crippen LogP contribution in [-0.4, -0.2) is 83.1 Å². The Bertz CT molecular complexity index is 1160. The van der Waals surface area contributed by atoms with Crippen LogP contribution >= 0.6 is 0 Å². The minimum atomic E-state index is -1.18. The zero-order valence-corrected chi connectivity index (χ0v) is 21.9.